The highest BCUT2D eigenvalue weighted by Gasteiger charge is 2.20. The van der Waals surface area contributed by atoms with Crippen molar-refractivity contribution < 1.29 is 4.74 Å². The highest BCUT2D eigenvalue weighted by molar-refractivity contribution is 7.19. The van der Waals surface area contributed by atoms with Crippen molar-refractivity contribution >= 4 is 27.4 Å². The molecule has 0 amide bonds. The van der Waals surface area contributed by atoms with Gasteiger partial charge >= 0.3 is 0 Å². The van der Waals surface area contributed by atoms with Crippen molar-refractivity contribution in [1.82, 2.24) is 9.97 Å². The molecule has 2 aromatic heterocycles. The summed E-state index contributed by atoms with van der Waals surface area (Å²) in [5.41, 5.74) is 1.48. The summed E-state index contributed by atoms with van der Waals surface area (Å²) in [5, 5.41) is 4.66. The Morgan fingerprint density at radius 1 is 1.20 bits per heavy atom. The van der Waals surface area contributed by atoms with Gasteiger partial charge in [0.2, 0.25) is 0 Å². The SMILES string of the molecule is CCNc1nc(COCC)nc2sc3c(c12)CCCC3. The molecule has 108 valence electrons. The first-order valence-electron chi connectivity index (χ1n) is 7.46. The Morgan fingerprint density at radius 3 is 2.85 bits per heavy atom. The quantitative estimate of drug-likeness (QED) is 0.915. The van der Waals surface area contributed by atoms with Gasteiger partial charge in [-0.05, 0) is 45.1 Å². The molecule has 0 bridgehead atoms. The largest absolute Gasteiger partial charge is 0.374 e. The minimum Gasteiger partial charge on any atom is -0.374 e. The molecule has 0 aliphatic heterocycles. The first kappa shape index (κ1) is 13.8. The van der Waals surface area contributed by atoms with Crippen molar-refractivity contribution in [2.45, 2.75) is 46.1 Å². The Morgan fingerprint density at radius 2 is 2.05 bits per heavy atom. The number of nitrogens with one attached hydrogen (secondary N) is 1. The van der Waals surface area contributed by atoms with Crippen LogP contribution in [0.25, 0.3) is 10.2 Å². The van der Waals surface area contributed by atoms with Gasteiger partial charge < -0.3 is 10.1 Å². The number of thiophene rings is 1. The molecule has 4 nitrogen and oxygen atoms in total. The molecule has 0 saturated heterocycles. The van der Waals surface area contributed by atoms with Crippen LogP contribution in [0.4, 0.5) is 5.82 Å². The zero-order chi connectivity index (χ0) is 13.9. The van der Waals surface area contributed by atoms with E-state index >= 15 is 0 Å². The van der Waals surface area contributed by atoms with Crippen molar-refractivity contribution in [2.24, 2.45) is 0 Å². The van der Waals surface area contributed by atoms with Crippen LogP contribution in [0.2, 0.25) is 0 Å². The molecule has 0 atom stereocenters. The minimum absolute atomic E-state index is 0.493. The number of rotatable bonds is 5. The molecule has 0 aromatic carbocycles. The minimum atomic E-state index is 0.493. The Kier molecular flexibility index (Phi) is 4.17. The number of nitrogens with zero attached hydrogens (tertiary/aromatic N) is 2. The third-order valence-corrected chi connectivity index (χ3v) is 4.83. The fraction of sp³-hybridized carbons (Fsp3) is 0.600. The number of hydrogen-bond donors (Lipinski definition) is 1. The molecule has 1 aliphatic carbocycles. The van der Waals surface area contributed by atoms with Crippen LogP contribution in [0.3, 0.4) is 0 Å². The third kappa shape index (κ3) is 2.52. The van der Waals surface area contributed by atoms with Crippen LogP contribution in [0, 0.1) is 0 Å². The Balaban J connectivity index is 2.09. The van der Waals surface area contributed by atoms with Gasteiger partial charge in [0.05, 0.1) is 5.39 Å². The number of aromatic nitrogens is 2. The van der Waals surface area contributed by atoms with Crippen LogP contribution < -0.4 is 5.32 Å². The highest BCUT2D eigenvalue weighted by Crippen LogP contribution is 2.38. The van der Waals surface area contributed by atoms with Gasteiger partial charge in [-0.25, -0.2) is 9.97 Å². The van der Waals surface area contributed by atoms with E-state index in [2.05, 4.69) is 17.2 Å². The molecule has 2 heterocycles. The summed E-state index contributed by atoms with van der Waals surface area (Å²) in [6.45, 7) is 6.17. The predicted octanol–water partition coefficient (Wildman–Crippen LogP) is 3.54. The van der Waals surface area contributed by atoms with E-state index in [0.717, 1.165) is 23.0 Å². The lowest BCUT2D eigenvalue weighted by molar-refractivity contribution is 0.128. The summed E-state index contributed by atoms with van der Waals surface area (Å²) in [4.78, 5) is 12.0. The lowest BCUT2D eigenvalue weighted by atomic mass is 9.97. The maximum atomic E-state index is 5.46. The second-order valence-corrected chi connectivity index (χ2v) is 6.13. The van der Waals surface area contributed by atoms with E-state index in [9.17, 15) is 0 Å². The summed E-state index contributed by atoms with van der Waals surface area (Å²) in [6.07, 6.45) is 4.95. The van der Waals surface area contributed by atoms with Gasteiger partial charge in [0.15, 0.2) is 5.82 Å². The fourth-order valence-corrected chi connectivity index (χ4v) is 4.03. The average molecular weight is 291 g/mol. The van der Waals surface area contributed by atoms with E-state index < -0.39 is 0 Å². The maximum absolute atomic E-state index is 5.46. The molecule has 1 N–H and O–H groups in total. The molecule has 2 aromatic rings. The van der Waals surface area contributed by atoms with E-state index in [1.54, 1.807) is 0 Å². The Labute approximate surface area is 123 Å². The number of anilines is 1. The number of hydrogen-bond acceptors (Lipinski definition) is 5. The summed E-state index contributed by atoms with van der Waals surface area (Å²) >= 11 is 1.84. The van der Waals surface area contributed by atoms with E-state index in [4.69, 9.17) is 9.72 Å². The summed E-state index contributed by atoms with van der Waals surface area (Å²) in [6, 6.07) is 0. The van der Waals surface area contributed by atoms with Crippen molar-refractivity contribution in [3.8, 4) is 0 Å². The van der Waals surface area contributed by atoms with E-state index in [0.29, 0.717) is 13.2 Å². The van der Waals surface area contributed by atoms with Crippen LogP contribution in [-0.2, 0) is 24.2 Å². The van der Waals surface area contributed by atoms with Gasteiger partial charge in [0.1, 0.15) is 17.3 Å². The molecule has 0 unspecified atom stereocenters. The van der Waals surface area contributed by atoms with Gasteiger partial charge in [-0.1, -0.05) is 0 Å². The van der Waals surface area contributed by atoms with Crippen molar-refractivity contribution in [3.63, 3.8) is 0 Å². The molecular weight excluding hydrogens is 270 g/mol. The molecule has 0 radical (unpaired) electrons. The first-order chi connectivity index (χ1) is 9.83. The zero-order valence-electron chi connectivity index (χ0n) is 12.2. The summed E-state index contributed by atoms with van der Waals surface area (Å²) in [7, 11) is 0. The molecule has 0 fully saturated rings. The monoisotopic (exact) mass is 291 g/mol. The normalized spacial score (nSPS) is 14.5. The third-order valence-electron chi connectivity index (χ3n) is 3.64. The van der Waals surface area contributed by atoms with Gasteiger partial charge in [0, 0.05) is 18.0 Å². The molecule has 5 heteroatoms. The van der Waals surface area contributed by atoms with Crippen LogP contribution in [0.5, 0.6) is 0 Å². The molecule has 1 aliphatic rings. The second-order valence-electron chi connectivity index (χ2n) is 5.05. The van der Waals surface area contributed by atoms with E-state index in [1.165, 1.54) is 41.5 Å². The molecule has 0 saturated carbocycles. The van der Waals surface area contributed by atoms with Crippen molar-refractivity contribution in [3.05, 3.63) is 16.3 Å². The molecule has 3 rings (SSSR count). The lowest BCUT2D eigenvalue weighted by Crippen LogP contribution is -2.07. The van der Waals surface area contributed by atoms with E-state index in [1.807, 2.05) is 18.3 Å². The van der Waals surface area contributed by atoms with Crippen molar-refractivity contribution in [1.29, 1.82) is 0 Å². The first-order valence-corrected chi connectivity index (χ1v) is 8.27. The van der Waals surface area contributed by atoms with Crippen molar-refractivity contribution in [2.75, 3.05) is 18.5 Å². The molecule has 20 heavy (non-hydrogen) atoms. The Hall–Kier alpha value is -1.20. The molecular formula is C15H21N3OS. The standard InChI is InChI=1S/C15H21N3OS/c1-3-16-14-13-10-7-5-6-8-11(10)20-15(13)18-12(17-14)9-19-4-2/h3-9H2,1-2H3,(H,16,17,18). The van der Waals surface area contributed by atoms with Crippen LogP contribution in [-0.4, -0.2) is 23.1 Å². The van der Waals surface area contributed by atoms with Gasteiger partial charge in [-0.2, -0.15) is 0 Å². The average Bonchev–Trinajstić information content (AvgIpc) is 2.83. The van der Waals surface area contributed by atoms with E-state index in [-0.39, 0.29) is 0 Å². The number of ether oxygens (including phenoxy) is 1. The lowest BCUT2D eigenvalue weighted by Gasteiger charge is -2.12. The predicted molar refractivity (Wildman–Crippen MR) is 83.6 cm³/mol. The molecule has 0 spiro atoms. The second kappa shape index (κ2) is 6.06. The number of fused-ring (bicyclic) bond motifs is 3. The summed E-state index contributed by atoms with van der Waals surface area (Å²) in [5.74, 6) is 1.78. The van der Waals surface area contributed by atoms with Gasteiger partial charge in [0.25, 0.3) is 0 Å². The maximum Gasteiger partial charge on any atom is 0.158 e. The van der Waals surface area contributed by atoms with Gasteiger partial charge in [-0.15, -0.1) is 11.3 Å². The number of aryl methyl sites for hydroxylation is 2. The topological polar surface area (TPSA) is 47.0 Å². The van der Waals surface area contributed by atoms with Crippen LogP contribution >= 0.6 is 11.3 Å². The Bertz CT molecular complexity index is 609. The smallest absolute Gasteiger partial charge is 0.158 e. The van der Waals surface area contributed by atoms with Gasteiger partial charge in [-0.3, -0.25) is 0 Å². The fourth-order valence-electron chi connectivity index (χ4n) is 2.75. The van der Waals surface area contributed by atoms with Crippen LogP contribution in [0.15, 0.2) is 0 Å². The summed E-state index contributed by atoms with van der Waals surface area (Å²) < 4.78 is 5.46. The van der Waals surface area contributed by atoms with Crippen LogP contribution in [0.1, 0.15) is 43.0 Å². The zero-order valence-corrected chi connectivity index (χ0v) is 13.0. The highest BCUT2D eigenvalue weighted by atomic mass is 32.1.